The number of hydrogen-bond acceptors (Lipinski definition) is 1. The van der Waals surface area contributed by atoms with Crippen LogP contribution < -0.4 is 5.73 Å². The van der Waals surface area contributed by atoms with E-state index in [0.29, 0.717) is 12.1 Å². The van der Waals surface area contributed by atoms with Crippen LogP contribution in [0.15, 0.2) is 12.1 Å². The Kier molecular flexibility index (Phi) is 2.99. The van der Waals surface area contributed by atoms with E-state index in [1.165, 1.54) is 0 Å². The highest BCUT2D eigenvalue weighted by Gasteiger charge is 2.36. The summed E-state index contributed by atoms with van der Waals surface area (Å²) in [6, 6.07) is 1.27. The maximum absolute atomic E-state index is 13.1. The van der Waals surface area contributed by atoms with Gasteiger partial charge in [0.15, 0.2) is 17.5 Å². The van der Waals surface area contributed by atoms with E-state index >= 15 is 0 Å². The topological polar surface area (TPSA) is 26.0 Å². The van der Waals surface area contributed by atoms with Gasteiger partial charge in [-0.15, -0.1) is 0 Å². The van der Waals surface area contributed by atoms with Crippen molar-refractivity contribution in [3.63, 3.8) is 0 Å². The molecule has 0 bridgehead atoms. The van der Waals surface area contributed by atoms with Crippen molar-refractivity contribution in [2.45, 2.75) is 18.9 Å². The van der Waals surface area contributed by atoms with Gasteiger partial charge < -0.3 is 5.73 Å². The molecule has 0 saturated carbocycles. The predicted molar refractivity (Wildman–Crippen MR) is 43.9 cm³/mol. The fraction of sp³-hybridized carbons (Fsp3) is 0.333. The Morgan fingerprint density at radius 2 is 1.67 bits per heavy atom. The Morgan fingerprint density at radius 1 is 1.13 bits per heavy atom. The van der Waals surface area contributed by atoms with E-state index in [0.717, 1.165) is 6.92 Å². The minimum atomic E-state index is -3.09. The molecule has 0 aliphatic carbocycles. The van der Waals surface area contributed by atoms with Crippen molar-refractivity contribution in [1.29, 1.82) is 0 Å². The van der Waals surface area contributed by atoms with Gasteiger partial charge in [-0.1, -0.05) is 6.07 Å². The molecule has 0 aromatic heterocycles. The molecule has 0 amide bonds. The first kappa shape index (κ1) is 11.9. The van der Waals surface area contributed by atoms with Crippen molar-refractivity contribution < 1.29 is 22.0 Å². The van der Waals surface area contributed by atoms with Crippen LogP contribution in [0.1, 0.15) is 12.5 Å². The Bertz CT molecular complexity index is 375. The lowest BCUT2D eigenvalue weighted by molar-refractivity contribution is 0.0599. The minimum absolute atomic E-state index is 0.557. The smallest absolute Gasteiger partial charge is 0.260 e. The summed E-state index contributed by atoms with van der Waals surface area (Å²) in [7, 11) is 0. The normalized spacial score (nSPS) is 15.5. The van der Waals surface area contributed by atoms with Crippen molar-refractivity contribution in [2.24, 2.45) is 5.73 Å². The van der Waals surface area contributed by atoms with Gasteiger partial charge in [0.05, 0.1) is 0 Å². The third-order valence-electron chi connectivity index (χ3n) is 2.07. The van der Waals surface area contributed by atoms with Crippen molar-refractivity contribution in [1.82, 2.24) is 0 Å². The van der Waals surface area contributed by atoms with Gasteiger partial charge in [-0.3, -0.25) is 0 Å². The fourth-order valence-electron chi connectivity index (χ4n) is 1.06. The first-order valence-corrected chi connectivity index (χ1v) is 3.99. The van der Waals surface area contributed by atoms with E-state index in [1.54, 1.807) is 0 Å². The number of alkyl halides is 2. The van der Waals surface area contributed by atoms with Gasteiger partial charge in [-0.05, 0) is 13.0 Å². The molecule has 0 heterocycles. The van der Waals surface area contributed by atoms with Gasteiger partial charge in [0.2, 0.25) is 0 Å². The van der Waals surface area contributed by atoms with E-state index in [4.69, 9.17) is 5.73 Å². The highest BCUT2D eigenvalue weighted by molar-refractivity contribution is 5.27. The van der Waals surface area contributed by atoms with E-state index in [9.17, 15) is 22.0 Å². The second-order valence-corrected chi connectivity index (χ2v) is 3.31. The second-order valence-electron chi connectivity index (χ2n) is 3.31. The number of rotatable bonds is 2. The van der Waals surface area contributed by atoms with Crippen LogP contribution in [0.2, 0.25) is 0 Å². The molecule has 84 valence electrons. The summed E-state index contributed by atoms with van der Waals surface area (Å²) in [6.07, 6.45) is -3.09. The summed E-state index contributed by atoms with van der Waals surface area (Å²) in [5.74, 6) is -4.92. The molecule has 0 spiro atoms. The standard InChI is InChI=1S/C9H8F5N/c1-9(15,8(13)14)4-2-3-5(10)7(12)6(4)11/h2-3,8H,15H2,1H3. The maximum Gasteiger partial charge on any atom is 0.260 e. The largest absolute Gasteiger partial charge is 0.317 e. The van der Waals surface area contributed by atoms with Crippen molar-refractivity contribution >= 4 is 0 Å². The average molecular weight is 225 g/mol. The molecule has 15 heavy (non-hydrogen) atoms. The first-order chi connectivity index (χ1) is 6.78. The SMILES string of the molecule is CC(N)(c1ccc(F)c(F)c1F)C(F)F. The van der Waals surface area contributed by atoms with Gasteiger partial charge >= 0.3 is 0 Å². The molecule has 0 aliphatic heterocycles. The van der Waals surface area contributed by atoms with Crippen molar-refractivity contribution in [3.8, 4) is 0 Å². The lowest BCUT2D eigenvalue weighted by Gasteiger charge is -2.24. The zero-order chi connectivity index (χ0) is 11.8. The number of hydrogen-bond donors (Lipinski definition) is 1. The molecule has 0 fully saturated rings. The zero-order valence-electron chi connectivity index (χ0n) is 7.70. The molecule has 0 aliphatic rings. The molecule has 6 heteroatoms. The molecule has 0 saturated heterocycles. The highest BCUT2D eigenvalue weighted by Crippen LogP contribution is 2.29. The van der Waals surface area contributed by atoms with Crippen LogP contribution in [0, 0.1) is 17.5 Å². The fourth-order valence-corrected chi connectivity index (χ4v) is 1.06. The summed E-state index contributed by atoms with van der Waals surface area (Å²) in [4.78, 5) is 0. The number of benzene rings is 1. The third kappa shape index (κ3) is 1.94. The van der Waals surface area contributed by atoms with Gasteiger partial charge in [0, 0.05) is 5.56 Å². The van der Waals surface area contributed by atoms with Crippen LogP contribution in [0.25, 0.3) is 0 Å². The summed E-state index contributed by atoms with van der Waals surface area (Å²) in [6.45, 7) is 0.841. The first-order valence-electron chi connectivity index (χ1n) is 3.99. The quantitative estimate of drug-likeness (QED) is 0.607. The van der Waals surface area contributed by atoms with E-state index in [1.807, 2.05) is 0 Å². The number of nitrogens with two attached hydrogens (primary N) is 1. The number of halogens is 5. The summed E-state index contributed by atoms with van der Waals surface area (Å²) >= 11 is 0. The molecule has 1 atom stereocenters. The molecule has 1 nitrogen and oxygen atoms in total. The van der Waals surface area contributed by atoms with E-state index in [-0.39, 0.29) is 0 Å². The van der Waals surface area contributed by atoms with Gasteiger partial charge in [-0.25, -0.2) is 22.0 Å². The molecule has 1 aromatic rings. The van der Waals surface area contributed by atoms with E-state index < -0.39 is 35.0 Å². The maximum atomic E-state index is 13.1. The molecule has 1 rings (SSSR count). The average Bonchev–Trinajstić information content (AvgIpc) is 2.13. The minimum Gasteiger partial charge on any atom is -0.317 e. The van der Waals surface area contributed by atoms with Crippen LogP contribution in [-0.2, 0) is 5.54 Å². The molecule has 1 aromatic carbocycles. The van der Waals surface area contributed by atoms with Gasteiger partial charge in [-0.2, -0.15) is 0 Å². The molecular formula is C9H8F5N. The molecular weight excluding hydrogens is 217 g/mol. The molecule has 0 radical (unpaired) electrons. The highest BCUT2D eigenvalue weighted by atomic mass is 19.3. The van der Waals surface area contributed by atoms with Crippen LogP contribution in [0.4, 0.5) is 22.0 Å². The molecule has 1 unspecified atom stereocenters. The van der Waals surface area contributed by atoms with Crippen LogP contribution in [0.3, 0.4) is 0 Å². The van der Waals surface area contributed by atoms with Gasteiger partial charge in [0.1, 0.15) is 5.54 Å². The lowest BCUT2D eigenvalue weighted by atomic mass is 9.93. The van der Waals surface area contributed by atoms with Crippen molar-refractivity contribution in [3.05, 3.63) is 35.1 Å². The zero-order valence-corrected chi connectivity index (χ0v) is 7.70. The van der Waals surface area contributed by atoms with Gasteiger partial charge in [0.25, 0.3) is 6.43 Å². The summed E-state index contributed by atoms with van der Waals surface area (Å²) < 4.78 is 63.1. The van der Waals surface area contributed by atoms with Crippen LogP contribution in [-0.4, -0.2) is 6.43 Å². The Labute approximate surface area is 82.7 Å². The second kappa shape index (κ2) is 3.77. The third-order valence-corrected chi connectivity index (χ3v) is 2.07. The Balaban J connectivity index is 3.34. The Hall–Kier alpha value is -1.17. The Morgan fingerprint density at radius 3 is 2.13 bits per heavy atom. The van der Waals surface area contributed by atoms with E-state index in [2.05, 4.69) is 0 Å². The lowest BCUT2D eigenvalue weighted by Crippen LogP contribution is -2.41. The van der Waals surface area contributed by atoms with Crippen LogP contribution in [0.5, 0.6) is 0 Å². The van der Waals surface area contributed by atoms with Crippen molar-refractivity contribution in [2.75, 3.05) is 0 Å². The summed E-state index contributed by atoms with van der Waals surface area (Å²) in [5.41, 5.74) is 2.02. The van der Waals surface area contributed by atoms with Crippen LogP contribution >= 0.6 is 0 Å². The predicted octanol–water partition coefficient (Wildman–Crippen LogP) is 2.54. The monoisotopic (exact) mass is 225 g/mol. The molecule has 2 N–H and O–H groups in total. The summed E-state index contributed by atoms with van der Waals surface area (Å²) in [5, 5.41) is 0.